The van der Waals surface area contributed by atoms with Crippen LogP contribution in [0, 0.1) is 5.92 Å². The molecule has 1 aliphatic heterocycles. The highest BCUT2D eigenvalue weighted by Crippen LogP contribution is 2.29. The number of sulfonamides is 1. The normalized spacial score (nSPS) is 15.5. The summed E-state index contributed by atoms with van der Waals surface area (Å²) in [7, 11) is -3.57. The Labute approximate surface area is 199 Å². The second-order valence-corrected chi connectivity index (χ2v) is 10.6. The van der Waals surface area contributed by atoms with Crippen LogP contribution in [-0.4, -0.2) is 44.9 Å². The molecular weight excluding hydrogens is 471 g/mol. The van der Waals surface area contributed by atoms with E-state index in [0.717, 1.165) is 12.2 Å². The Morgan fingerprint density at radius 2 is 1.72 bits per heavy atom. The van der Waals surface area contributed by atoms with E-state index < -0.39 is 10.0 Å². The van der Waals surface area contributed by atoms with Gasteiger partial charge in [0.25, 0.3) is 0 Å². The minimum absolute atomic E-state index is 0.0684. The molecule has 9 heteroatoms. The fourth-order valence-corrected chi connectivity index (χ4v) is 5.96. The molecule has 2 aromatic rings. The topological polar surface area (TPSA) is 75.7 Å². The number of piperidine rings is 1. The molecule has 1 fully saturated rings. The number of hydrogen-bond donors (Lipinski definition) is 1. The molecule has 1 heterocycles. The SMILES string of the molecule is CCc1ccc(OCCNC(=O)C2CCN(S(=O)(=O)Cc3c(Cl)cccc3Cl)CC2)cc1. The number of rotatable bonds is 9. The molecule has 0 spiro atoms. The van der Waals surface area contributed by atoms with Crippen molar-refractivity contribution < 1.29 is 17.9 Å². The number of ether oxygens (including phenoxy) is 1. The van der Waals surface area contributed by atoms with Gasteiger partial charge in [-0.05, 0) is 49.1 Å². The Bertz CT molecular complexity index is 1000. The van der Waals surface area contributed by atoms with E-state index in [1.165, 1.54) is 9.87 Å². The molecule has 1 N–H and O–H groups in total. The summed E-state index contributed by atoms with van der Waals surface area (Å²) in [5, 5.41) is 3.55. The molecule has 0 unspecified atom stereocenters. The number of amides is 1. The van der Waals surface area contributed by atoms with Crippen molar-refractivity contribution in [1.29, 1.82) is 0 Å². The van der Waals surface area contributed by atoms with Crippen LogP contribution in [0.2, 0.25) is 10.0 Å². The number of carbonyl (C=O) groups excluding carboxylic acids is 1. The Kier molecular flexibility index (Phi) is 8.82. The third kappa shape index (κ3) is 6.61. The average molecular weight is 499 g/mol. The van der Waals surface area contributed by atoms with Gasteiger partial charge in [0.1, 0.15) is 12.4 Å². The maximum absolute atomic E-state index is 12.8. The molecular formula is C23H28Cl2N2O4S. The summed E-state index contributed by atoms with van der Waals surface area (Å²) in [5.74, 6) is 0.239. The van der Waals surface area contributed by atoms with E-state index in [1.54, 1.807) is 18.2 Å². The van der Waals surface area contributed by atoms with Crippen molar-refractivity contribution in [2.75, 3.05) is 26.2 Å². The third-order valence-electron chi connectivity index (χ3n) is 5.61. The zero-order valence-corrected chi connectivity index (χ0v) is 20.3. The van der Waals surface area contributed by atoms with Gasteiger partial charge in [-0.2, -0.15) is 0 Å². The van der Waals surface area contributed by atoms with Crippen molar-refractivity contribution in [2.24, 2.45) is 5.92 Å². The minimum Gasteiger partial charge on any atom is -0.492 e. The van der Waals surface area contributed by atoms with Crippen molar-refractivity contribution >= 4 is 39.1 Å². The van der Waals surface area contributed by atoms with E-state index in [4.69, 9.17) is 27.9 Å². The maximum Gasteiger partial charge on any atom is 0.223 e. The van der Waals surface area contributed by atoms with Gasteiger partial charge in [-0.25, -0.2) is 12.7 Å². The summed E-state index contributed by atoms with van der Waals surface area (Å²) >= 11 is 12.2. The van der Waals surface area contributed by atoms with Crippen molar-refractivity contribution in [3.05, 3.63) is 63.6 Å². The number of aryl methyl sites for hydroxylation is 1. The van der Waals surface area contributed by atoms with Gasteiger partial charge >= 0.3 is 0 Å². The second kappa shape index (κ2) is 11.4. The van der Waals surface area contributed by atoms with Gasteiger partial charge in [0.2, 0.25) is 15.9 Å². The summed E-state index contributed by atoms with van der Waals surface area (Å²) < 4.78 is 32.7. The van der Waals surface area contributed by atoms with Crippen LogP contribution < -0.4 is 10.1 Å². The van der Waals surface area contributed by atoms with Gasteiger partial charge in [0, 0.05) is 34.6 Å². The monoisotopic (exact) mass is 498 g/mol. The summed E-state index contributed by atoms with van der Waals surface area (Å²) in [4.78, 5) is 12.5. The van der Waals surface area contributed by atoms with E-state index in [1.807, 2.05) is 24.3 Å². The Morgan fingerprint density at radius 1 is 1.09 bits per heavy atom. The number of halogens is 2. The van der Waals surface area contributed by atoms with Crippen molar-refractivity contribution in [3.63, 3.8) is 0 Å². The number of nitrogens with one attached hydrogen (secondary N) is 1. The molecule has 1 saturated heterocycles. The molecule has 6 nitrogen and oxygen atoms in total. The van der Waals surface area contributed by atoms with Crippen LogP contribution in [-0.2, 0) is 27.0 Å². The van der Waals surface area contributed by atoms with Gasteiger partial charge in [-0.15, -0.1) is 0 Å². The van der Waals surface area contributed by atoms with E-state index >= 15 is 0 Å². The first-order valence-corrected chi connectivity index (χ1v) is 13.1. The first-order valence-electron chi connectivity index (χ1n) is 10.7. The number of benzene rings is 2. The van der Waals surface area contributed by atoms with Crippen LogP contribution in [0.25, 0.3) is 0 Å². The summed E-state index contributed by atoms with van der Waals surface area (Å²) in [6.45, 7) is 3.46. The lowest BCUT2D eigenvalue weighted by molar-refractivity contribution is -0.126. The lowest BCUT2D eigenvalue weighted by Crippen LogP contribution is -2.44. The van der Waals surface area contributed by atoms with Crippen LogP contribution >= 0.6 is 23.2 Å². The largest absolute Gasteiger partial charge is 0.492 e. The number of nitrogens with zero attached hydrogens (tertiary/aromatic N) is 1. The van der Waals surface area contributed by atoms with Gasteiger partial charge in [-0.1, -0.05) is 48.3 Å². The molecule has 174 valence electrons. The molecule has 0 bridgehead atoms. The fraction of sp³-hybridized carbons (Fsp3) is 0.435. The first-order chi connectivity index (χ1) is 15.3. The summed E-state index contributed by atoms with van der Waals surface area (Å²) in [6, 6.07) is 12.8. The smallest absolute Gasteiger partial charge is 0.223 e. The van der Waals surface area contributed by atoms with E-state index in [2.05, 4.69) is 12.2 Å². The molecule has 0 atom stereocenters. The maximum atomic E-state index is 12.8. The lowest BCUT2D eigenvalue weighted by Gasteiger charge is -2.30. The van der Waals surface area contributed by atoms with Crippen molar-refractivity contribution in [3.8, 4) is 5.75 Å². The molecule has 0 aliphatic carbocycles. The quantitative estimate of drug-likeness (QED) is 0.523. The molecule has 2 aromatic carbocycles. The van der Waals surface area contributed by atoms with Crippen LogP contribution in [0.4, 0.5) is 0 Å². The Morgan fingerprint density at radius 3 is 2.31 bits per heavy atom. The highest BCUT2D eigenvalue weighted by molar-refractivity contribution is 7.88. The standard InChI is InChI=1S/C23H28Cl2N2O4S/c1-2-17-6-8-19(9-7-17)31-15-12-26-23(28)18-10-13-27(14-11-18)32(29,30)16-20-21(24)4-3-5-22(20)25/h3-9,18H,2,10-16H2,1H3,(H,26,28). The van der Waals surface area contributed by atoms with E-state index in [-0.39, 0.29) is 17.6 Å². The fourth-order valence-electron chi connectivity index (χ4n) is 3.65. The first kappa shape index (κ1) is 24.8. The molecule has 0 radical (unpaired) electrons. The van der Waals surface area contributed by atoms with E-state index in [0.29, 0.717) is 54.7 Å². The zero-order chi connectivity index (χ0) is 23.1. The van der Waals surface area contributed by atoms with Crippen molar-refractivity contribution in [1.82, 2.24) is 9.62 Å². The highest BCUT2D eigenvalue weighted by atomic mass is 35.5. The molecule has 1 aliphatic rings. The predicted molar refractivity (Wildman–Crippen MR) is 128 cm³/mol. The second-order valence-electron chi connectivity index (χ2n) is 7.77. The van der Waals surface area contributed by atoms with Crippen LogP contribution in [0.15, 0.2) is 42.5 Å². The summed E-state index contributed by atoms with van der Waals surface area (Å²) in [6.07, 6.45) is 1.92. The molecule has 3 rings (SSSR count). The average Bonchev–Trinajstić information content (AvgIpc) is 2.79. The minimum atomic E-state index is -3.57. The summed E-state index contributed by atoms with van der Waals surface area (Å²) in [5.41, 5.74) is 1.65. The Balaban J connectivity index is 1.42. The van der Waals surface area contributed by atoms with Crippen LogP contribution in [0.3, 0.4) is 0 Å². The van der Waals surface area contributed by atoms with Gasteiger partial charge < -0.3 is 10.1 Å². The molecule has 32 heavy (non-hydrogen) atoms. The zero-order valence-electron chi connectivity index (χ0n) is 18.0. The van der Waals surface area contributed by atoms with Gasteiger partial charge in [0.05, 0.1) is 12.3 Å². The van der Waals surface area contributed by atoms with Crippen molar-refractivity contribution in [2.45, 2.75) is 31.9 Å². The Hall–Kier alpha value is -1.80. The van der Waals surface area contributed by atoms with Gasteiger partial charge in [-0.3, -0.25) is 4.79 Å². The van der Waals surface area contributed by atoms with Crippen LogP contribution in [0.1, 0.15) is 30.9 Å². The van der Waals surface area contributed by atoms with Crippen LogP contribution in [0.5, 0.6) is 5.75 Å². The molecule has 1 amide bonds. The highest BCUT2D eigenvalue weighted by Gasteiger charge is 2.31. The number of carbonyl (C=O) groups is 1. The lowest BCUT2D eigenvalue weighted by atomic mass is 9.97. The third-order valence-corrected chi connectivity index (χ3v) is 8.12. The van der Waals surface area contributed by atoms with E-state index in [9.17, 15) is 13.2 Å². The molecule has 0 aromatic heterocycles. The van der Waals surface area contributed by atoms with Gasteiger partial charge in [0.15, 0.2) is 0 Å². The molecule has 0 saturated carbocycles. The predicted octanol–water partition coefficient (Wildman–Crippen LogP) is 4.29. The number of hydrogen-bond acceptors (Lipinski definition) is 4.